The molecule has 4 nitrogen and oxygen atoms in total. The van der Waals surface area contributed by atoms with Gasteiger partial charge in [-0.25, -0.2) is 9.97 Å². The first-order valence-electron chi connectivity index (χ1n) is 10.6. The Morgan fingerprint density at radius 3 is 2.43 bits per heavy atom. The van der Waals surface area contributed by atoms with Crippen LogP contribution in [0.15, 0.2) is 60.8 Å². The maximum absolute atomic E-state index is 12.3. The van der Waals surface area contributed by atoms with Crippen molar-refractivity contribution >= 4 is 30.2 Å². The Bertz CT molecular complexity index is 1050. The maximum atomic E-state index is 12.3. The van der Waals surface area contributed by atoms with Crippen molar-refractivity contribution in [3.05, 3.63) is 71.9 Å². The molecule has 1 heterocycles. The number of hydrogen-bond acceptors (Lipinski definition) is 4. The van der Waals surface area contributed by atoms with Gasteiger partial charge in [0.05, 0.1) is 5.69 Å². The summed E-state index contributed by atoms with van der Waals surface area (Å²) in [5, 5.41) is 4.07. The molecule has 0 amide bonds. The van der Waals surface area contributed by atoms with E-state index in [4.69, 9.17) is 0 Å². The monoisotopic (exact) mass is 421 g/mol. The molecule has 0 unspecified atom stereocenters. The van der Waals surface area contributed by atoms with E-state index in [1.54, 1.807) is 19.5 Å². The number of hydrogen-bond donors (Lipinski definition) is 1. The van der Waals surface area contributed by atoms with Crippen LogP contribution in [-0.4, -0.2) is 23.3 Å². The molecule has 0 radical (unpaired) electrons. The highest BCUT2D eigenvalue weighted by Crippen LogP contribution is 2.35. The predicted molar refractivity (Wildman–Crippen MR) is 132 cm³/mol. The van der Waals surface area contributed by atoms with E-state index in [2.05, 4.69) is 45.6 Å². The van der Waals surface area contributed by atoms with E-state index in [-0.39, 0.29) is 0 Å². The molecule has 1 N–H and O–H groups in total. The van der Waals surface area contributed by atoms with Gasteiger partial charge in [-0.2, -0.15) is 0 Å². The normalized spacial score (nSPS) is 11.5. The topological polar surface area (TPSA) is 54.9 Å². The van der Waals surface area contributed by atoms with Crippen molar-refractivity contribution < 1.29 is 4.57 Å². The maximum Gasteiger partial charge on any atom is 0.227 e. The van der Waals surface area contributed by atoms with Gasteiger partial charge in [-0.1, -0.05) is 70.2 Å². The smallest absolute Gasteiger partial charge is 0.227 e. The number of benzene rings is 2. The first kappa shape index (κ1) is 23.6. The van der Waals surface area contributed by atoms with Crippen molar-refractivity contribution in [1.82, 2.24) is 9.97 Å². The summed E-state index contributed by atoms with van der Waals surface area (Å²) >= 11 is 0. The summed E-state index contributed by atoms with van der Waals surface area (Å²) in [6, 6.07) is 15.9. The highest BCUT2D eigenvalue weighted by atomic mass is 31.2. The van der Waals surface area contributed by atoms with Crippen LogP contribution >= 0.6 is 7.14 Å². The highest BCUT2D eigenvalue weighted by Gasteiger charge is 2.14. The van der Waals surface area contributed by atoms with Gasteiger partial charge in [0.2, 0.25) is 5.95 Å². The summed E-state index contributed by atoms with van der Waals surface area (Å²) in [4.78, 5) is 9.02. The Kier molecular flexibility index (Phi) is 8.56. The van der Waals surface area contributed by atoms with Gasteiger partial charge in [0.1, 0.15) is 7.14 Å². The van der Waals surface area contributed by atoms with Gasteiger partial charge in [-0.05, 0) is 49.1 Å². The second-order valence-electron chi connectivity index (χ2n) is 6.78. The fourth-order valence-corrected chi connectivity index (χ4v) is 4.03. The number of anilines is 2. The van der Waals surface area contributed by atoms with Gasteiger partial charge < -0.3 is 9.88 Å². The number of aromatic nitrogens is 2. The molecule has 0 atom stereocenters. The van der Waals surface area contributed by atoms with Crippen molar-refractivity contribution in [1.29, 1.82) is 0 Å². The van der Waals surface area contributed by atoms with Gasteiger partial charge in [0, 0.05) is 22.8 Å². The molecule has 0 spiro atoms. The number of nitrogens with one attached hydrogen (secondary N) is 1. The molecule has 2 aromatic carbocycles. The lowest BCUT2D eigenvalue weighted by molar-refractivity contribution is 0.588. The van der Waals surface area contributed by atoms with Gasteiger partial charge in [-0.3, -0.25) is 0 Å². The number of nitrogens with zero attached hydrogens (tertiary/aromatic N) is 2. The second-order valence-corrected chi connectivity index (χ2v) is 9.99. The molecule has 3 aromatic rings. The van der Waals surface area contributed by atoms with Crippen LogP contribution in [0.5, 0.6) is 0 Å². The summed E-state index contributed by atoms with van der Waals surface area (Å²) in [5.41, 5.74) is 5.39. The first-order chi connectivity index (χ1) is 14.5. The standard InChI is InChI=1S/C21H20N3OP.2C2H6/c1-26(2,25)17-9-5-8-16(14-17)23-21-22-13-12-20(24-21)19-11-4-7-15-6-3-10-18(15)19;2*1-2/h3-5,7-14H,6H2,1-2H3,(H,22,23,24);2*1-2H3. The molecule has 0 aliphatic heterocycles. The van der Waals surface area contributed by atoms with Crippen molar-refractivity contribution in [2.75, 3.05) is 18.6 Å². The summed E-state index contributed by atoms with van der Waals surface area (Å²) in [7, 11) is -2.30. The van der Waals surface area contributed by atoms with E-state index in [0.717, 1.165) is 28.7 Å². The van der Waals surface area contributed by atoms with E-state index in [0.29, 0.717) is 5.95 Å². The van der Waals surface area contributed by atoms with E-state index in [1.165, 1.54) is 11.1 Å². The Hall–Kier alpha value is -2.71. The van der Waals surface area contributed by atoms with Crippen LogP contribution in [0.1, 0.15) is 38.8 Å². The average molecular weight is 422 g/mol. The average Bonchev–Trinajstić information content (AvgIpc) is 3.25. The zero-order valence-corrected chi connectivity index (χ0v) is 19.7. The third kappa shape index (κ3) is 5.67. The van der Waals surface area contributed by atoms with Crippen molar-refractivity contribution in [2.45, 2.75) is 34.1 Å². The van der Waals surface area contributed by atoms with Crippen molar-refractivity contribution in [3.63, 3.8) is 0 Å². The predicted octanol–water partition coefficient (Wildman–Crippen LogP) is 6.76. The molecule has 0 fully saturated rings. The molecule has 0 bridgehead atoms. The molecule has 0 saturated carbocycles. The van der Waals surface area contributed by atoms with Crippen LogP contribution in [0.25, 0.3) is 17.3 Å². The fourth-order valence-electron chi connectivity index (χ4n) is 3.13. The minimum atomic E-state index is -2.30. The molecule has 158 valence electrons. The quantitative estimate of drug-likeness (QED) is 0.473. The number of fused-ring (bicyclic) bond motifs is 1. The third-order valence-corrected chi connectivity index (χ3v) is 6.00. The van der Waals surface area contributed by atoms with Crippen LogP contribution in [-0.2, 0) is 11.0 Å². The summed E-state index contributed by atoms with van der Waals surface area (Å²) in [6.07, 6.45) is 7.06. The Morgan fingerprint density at radius 2 is 1.70 bits per heavy atom. The Morgan fingerprint density at radius 1 is 0.967 bits per heavy atom. The van der Waals surface area contributed by atoms with Gasteiger partial charge in [0.25, 0.3) is 0 Å². The lowest BCUT2D eigenvalue weighted by Gasteiger charge is -2.11. The number of allylic oxidation sites excluding steroid dienone is 1. The largest absolute Gasteiger partial charge is 0.324 e. The molecule has 4 rings (SSSR count). The van der Waals surface area contributed by atoms with Gasteiger partial charge in [-0.15, -0.1) is 0 Å². The lowest BCUT2D eigenvalue weighted by Crippen LogP contribution is -2.05. The number of rotatable bonds is 4. The van der Waals surface area contributed by atoms with Crippen LogP contribution in [0.3, 0.4) is 0 Å². The third-order valence-electron chi connectivity index (χ3n) is 4.47. The molecule has 30 heavy (non-hydrogen) atoms. The molecule has 1 aromatic heterocycles. The van der Waals surface area contributed by atoms with E-state index >= 15 is 0 Å². The Labute approximate surface area is 180 Å². The lowest BCUT2D eigenvalue weighted by atomic mass is 10.0. The van der Waals surface area contributed by atoms with Crippen molar-refractivity contribution in [3.8, 4) is 11.3 Å². The molecular formula is C25H32N3OP. The molecule has 0 saturated heterocycles. The van der Waals surface area contributed by atoms with E-state index in [9.17, 15) is 4.57 Å². The van der Waals surface area contributed by atoms with Crippen molar-refractivity contribution in [2.24, 2.45) is 0 Å². The second kappa shape index (κ2) is 10.9. The van der Waals surface area contributed by atoms with Gasteiger partial charge in [0.15, 0.2) is 0 Å². The van der Waals surface area contributed by atoms with E-state index in [1.807, 2.05) is 58.0 Å². The van der Waals surface area contributed by atoms with Crippen LogP contribution in [0.4, 0.5) is 11.6 Å². The zero-order chi connectivity index (χ0) is 22.1. The summed E-state index contributed by atoms with van der Waals surface area (Å²) in [5.74, 6) is 0.529. The highest BCUT2D eigenvalue weighted by molar-refractivity contribution is 7.70. The van der Waals surface area contributed by atoms with Crippen LogP contribution < -0.4 is 10.6 Å². The summed E-state index contributed by atoms with van der Waals surface area (Å²) in [6.45, 7) is 11.5. The fraction of sp³-hybridized carbons (Fsp3) is 0.280. The molecule has 5 heteroatoms. The minimum Gasteiger partial charge on any atom is -0.324 e. The minimum absolute atomic E-state index is 0.529. The van der Waals surface area contributed by atoms with E-state index < -0.39 is 7.14 Å². The van der Waals surface area contributed by atoms with Gasteiger partial charge >= 0.3 is 0 Å². The molecule has 1 aliphatic carbocycles. The SMILES string of the molecule is CC.CC.CP(C)(=O)c1cccc(Nc2nccc(-c3cccc4c3C=CC4)n2)c1. The zero-order valence-electron chi connectivity index (χ0n) is 18.8. The van der Waals surface area contributed by atoms with Crippen LogP contribution in [0.2, 0.25) is 0 Å². The summed E-state index contributed by atoms with van der Waals surface area (Å²) < 4.78 is 12.3. The first-order valence-corrected chi connectivity index (χ1v) is 13.2. The Balaban J connectivity index is 0.000000757. The molecular weight excluding hydrogens is 389 g/mol. The molecule has 1 aliphatic rings. The van der Waals surface area contributed by atoms with Crippen LogP contribution in [0, 0.1) is 0 Å².